The normalized spacial score (nSPS) is 11.2. The van der Waals surface area contributed by atoms with Crippen LogP contribution in [0.4, 0.5) is 5.69 Å². The standard InChI is InChI=1S/C20H26N4O3S/c1-12-13(17(26)23-19(21-12)28-5)10-11-16(25)22-15-9-7-6-8-14(15)18(27)24-20(2,3)4/h6-9H,10-11H2,1-5H3,(H,22,25)(H,24,27)(H,21,23,26). The fraction of sp³-hybridized carbons (Fsp3) is 0.400. The summed E-state index contributed by atoms with van der Waals surface area (Å²) in [5.74, 6) is -0.531. The second-order valence-electron chi connectivity index (χ2n) is 7.44. The molecule has 0 radical (unpaired) electrons. The lowest BCUT2D eigenvalue weighted by atomic mass is 10.1. The SMILES string of the molecule is CSc1nc(C)c(CCC(=O)Nc2ccccc2C(=O)NC(C)(C)C)c(=O)[nH]1. The maximum Gasteiger partial charge on any atom is 0.254 e. The number of H-pyrrole nitrogens is 1. The van der Waals surface area contributed by atoms with Gasteiger partial charge in [-0.1, -0.05) is 23.9 Å². The molecule has 0 spiro atoms. The van der Waals surface area contributed by atoms with Crippen LogP contribution in [-0.2, 0) is 11.2 Å². The Morgan fingerprint density at radius 2 is 1.89 bits per heavy atom. The molecule has 0 aliphatic rings. The van der Waals surface area contributed by atoms with Crippen LogP contribution >= 0.6 is 11.8 Å². The number of nitrogens with zero attached hydrogens (tertiary/aromatic N) is 1. The molecule has 3 N–H and O–H groups in total. The van der Waals surface area contributed by atoms with Crippen LogP contribution in [0.3, 0.4) is 0 Å². The molecular formula is C20H26N4O3S. The number of benzene rings is 1. The number of carbonyl (C=O) groups is 2. The Kier molecular flexibility index (Phi) is 7.01. The number of amides is 2. The van der Waals surface area contributed by atoms with Crippen molar-refractivity contribution in [2.75, 3.05) is 11.6 Å². The van der Waals surface area contributed by atoms with Gasteiger partial charge in [-0.25, -0.2) is 4.98 Å². The summed E-state index contributed by atoms with van der Waals surface area (Å²) in [4.78, 5) is 44.1. The number of hydrogen-bond acceptors (Lipinski definition) is 5. The first kappa shape index (κ1) is 21.7. The van der Waals surface area contributed by atoms with E-state index >= 15 is 0 Å². The van der Waals surface area contributed by atoms with Crippen LogP contribution in [0.2, 0.25) is 0 Å². The van der Waals surface area contributed by atoms with Gasteiger partial charge in [-0.05, 0) is 52.5 Å². The highest BCUT2D eigenvalue weighted by Crippen LogP contribution is 2.17. The topological polar surface area (TPSA) is 104 Å². The number of para-hydroxylation sites is 1. The van der Waals surface area contributed by atoms with Gasteiger partial charge >= 0.3 is 0 Å². The van der Waals surface area contributed by atoms with Crippen LogP contribution in [0.1, 0.15) is 48.8 Å². The van der Waals surface area contributed by atoms with Crippen molar-refractivity contribution in [3.63, 3.8) is 0 Å². The summed E-state index contributed by atoms with van der Waals surface area (Å²) in [6.07, 6.45) is 2.21. The molecule has 1 aromatic carbocycles. The van der Waals surface area contributed by atoms with Crippen molar-refractivity contribution in [3.05, 3.63) is 51.4 Å². The molecule has 0 saturated heterocycles. The second kappa shape index (κ2) is 9.05. The monoisotopic (exact) mass is 402 g/mol. The molecule has 0 saturated carbocycles. The van der Waals surface area contributed by atoms with E-state index in [4.69, 9.17) is 0 Å². The Bertz CT molecular complexity index is 932. The van der Waals surface area contributed by atoms with Gasteiger partial charge in [-0.2, -0.15) is 0 Å². The maximum atomic E-state index is 12.5. The lowest BCUT2D eigenvalue weighted by molar-refractivity contribution is -0.116. The third-order valence-corrected chi connectivity index (χ3v) is 4.51. The molecule has 28 heavy (non-hydrogen) atoms. The highest BCUT2D eigenvalue weighted by molar-refractivity contribution is 7.98. The van der Waals surface area contributed by atoms with E-state index in [0.29, 0.717) is 27.7 Å². The summed E-state index contributed by atoms with van der Waals surface area (Å²) in [7, 11) is 0. The van der Waals surface area contributed by atoms with Gasteiger partial charge in [-0.15, -0.1) is 0 Å². The number of aromatic nitrogens is 2. The summed E-state index contributed by atoms with van der Waals surface area (Å²) in [5, 5.41) is 6.21. The van der Waals surface area contributed by atoms with Crippen LogP contribution in [0, 0.1) is 6.92 Å². The molecule has 150 valence electrons. The zero-order chi connectivity index (χ0) is 20.9. The third kappa shape index (κ3) is 5.95. The van der Waals surface area contributed by atoms with E-state index in [-0.39, 0.29) is 35.8 Å². The van der Waals surface area contributed by atoms with Crippen LogP contribution < -0.4 is 16.2 Å². The quantitative estimate of drug-likeness (QED) is 0.509. The van der Waals surface area contributed by atoms with Crippen LogP contribution in [-0.4, -0.2) is 33.6 Å². The van der Waals surface area contributed by atoms with Crippen molar-refractivity contribution in [1.82, 2.24) is 15.3 Å². The lowest BCUT2D eigenvalue weighted by Crippen LogP contribution is -2.40. The van der Waals surface area contributed by atoms with Crippen molar-refractivity contribution in [1.29, 1.82) is 0 Å². The molecule has 1 heterocycles. The molecular weight excluding hydrogens is 376 g/mol. The minimum atomic E-state index is -0.386. The first-order valence-electron chi connectivity index (χ1n) is 8.96. The summed E-state index contributed by atoms with van der Waals surface area (Å²) in [5.41, 5.74) is 1.33. The van der Waals surface area contributed by atoms with Crippen LogP contribution in [0.15, 0.2) is 34.2 Å². The van der Waals surface area contributed by atoms with Gasteiger partial charge in [-0.3, -0.25) is 14.4 Å². The summed E-state index contributed by atoms with van der Waals surface area (Å²) < 4.78 is 0. The molecule has 0 atom stereocenters. The predicted molar refractivity (Wildman–Crippen MR) is 112 cm³/mol. The highest BCUT2D eigenvalue weighted by atomic mass is 32.2. The van der Waals surface area contributed by atoms with Crippen LogP contribution in [0.5, 0.6) is 0 Å². The number of thioether (sulfide) groups is 1. The first-order chi connectivity index (χ1) is 13.1. The lowest BCUT2D eigenvalue weighted by Gasteiger charge is -2.21. The van der Waals surface area contributed by atoms with Gasteiger partial charge in [0.25, 0.3) is 11.5 Å². The van der Waals surface area contributed by atoms with Gasteiger partial charge in [0.05, 0.1) is 11.3 Å². The number of hydrogen-bond donors (Lipinski definition) is 3. The predicted octanol–water partition coefficient (Wildman–Crippen LogP) is 2.90. The summed E-state index contributed by atoms with van der Waals surface area (Å²) >= 11 is 1.36. The van der Waals surface area contributed by atoms with Gasteiger partial charge in [0, 0.05) is 23.2 Å². The Balaban J connectivity index is 2.09. The molecule has 0 aliphatic heterocycles. The Labute approximate surface area is 168 Å². The molecule has 0 bridgehead atoms. The highest BCUT2D eigenvalue weighted by Gasteiger charge is 2.19. The largest absolute Gasteiger partial charge is 0.347 e. The molecule has 0 aliphatic carbocycles. The Morgan fingerprint density at radius 3 is 2.50 bits per heavy atom. The number of aryl methyl sites for hydroxylation is 1. The molecule has 7 nitrogen and oxygen atoms in total. The molecule has 8 heteroatoms. The van der Waals surface area contributed by atoms with Gasteiger partial charge in [0.1, 0.15) is 0 Å². The van der Waals surface area contributed by atoms with Crippen molar-refractivity contribution >= 4 is 29.3 Å². The smallest absolute Gasteiger partial charge is 0.254 e. The maximum absolute atomic E-state index is 12.5. The van der Waals surface area contributed by atoms with E-state index in [1.165, 1.54) is 11.8 Å². The van der Waals surface area contributed by atoms with E-state index in [0.717, 1.165) is 0 Å². The average Bonchev–Trinajstić information content (AvgIpc) is 2.59. The van der Waals surface area contributed by atoms with E-state index in [1.807, 2.05) is 27.0 Å². The third-order valence-electron chi connectivity index (χ3n) is 3.93. The number of nitrogens with one attached hydrogen (secondary N) is 3. The van der Waals surface area contributed by atoms with E-state index in [9.17, 15) is 14.4 Å². The van der Waals surface area contributed by atoms with Crippen molar-refractivity contribution < 1.29 is 9.59 Å². The molecule has 1 aromatic heterocycles. The van der Waals surface area contributed by atoms with E-state index in [2.05, 4.69) is 20.6 Å². The Hall–Kier alpha value is -2.61. The van der Waals surface area contributed by atoms with Gasteiger partial charge in [0.2, 0.25) is 5.91 Å². The van der Waals surface area contributed by atoms with Crippen LogP contribution in [0.25, 0.3) is 0 Å². The molecule has 0 unspecified atom stereocenters. The second-order valence-corrected chi connectivity index (χ2v) is 8.23. The van der Waals surface area contributed by atoms with Crippen molar-refractivity contribution in [2.45, 2.75) is 51.2 Å². The van der Waals surface area contributed by atoms with E-state index < -0.39 is 0 Å². The zero-order valence-corrected chi connectivity index (χ0v) is 17.6. The molecule has 2 aromatic rings. The minimum absolute atomic E-state index is 0.111. The van der Waals surface area contributed by atoms with Gasteiger partial charge < -0.3 is 15.6 Å². The van der Waals surface area contributed by atoms with E-state index in [1.54, 1.807) is 31.2 Å². The average molecular weight is 403 g/mol. The molecule has 0 fully saturated rings. The number of aromatic amines is 1. The number of rotatable bonds is 6. The molecule has 2 rings (SSSR count). The van der Waals surface area contributed by atoms with Crippen molar-refractivity contribution in [2.24, 2.45) is 0 Å². The Morgan fingerprint density at radius 1 is 1.21 bits per heavy atom. The zero-order valence-electron chi connectivity index (χ0n) is 16.8. The van der Waals surface area contributed by atoms with Gasteiger partial charge in [0.15, 0.2) is 5.16 Å². The fourth-order valence-corrected chi connectivity index (χ4v) is 3.05. The number of anilines is 1. The minimum Gasteiger partial charge on any atom is -0.347 e. The van der Waals surface area contributed by atoms with Crippen molar-refractivity contribution in [3.8, 4) is 0 Å². The fourth-order valence-electron chi connectivity index (χ4n) is 2.63. The number of carbonyl (C=O) groups excluding carboxylic acids is 2. The summed E-state index contributed by atoms with van der Waals surface area (Å²) in [6, 6.07) is 6.84. The molecule has 2 amide bonds. The first-order valence-corrected chi connectivity index (χ1v) is 10.2. The summed E-state index contributed by atoms with van der Waals surface area (Å²) in [6.45, 7) is 7.43.